The molecule has 0 fully saturated rings. The van der Waals surface area contributed by atoms with E-state index in [0.29, 0.717) is 0 Å². The Balaban J connectivity index is 1.89. The van der Waals surface area contributed by atoms with Gasteiger partial charge in [-0.25, -0.2) is 0 Å². The van der Waals surface area contributed by atoms with E-state index in [1.807, 2.05) is 25.2 Å². The van der Waals surface area contributed by atoms with Gasteiger partial charge < -0.3 is 0 Å². The highest BCUT2D eigenvalue weighted by Gasteiger charge is 2.19. The molecule has 0 atom stereocenters. The van der Waals surface area contributed by atoms with Crippen LogP contribution in [0.15, 0.2) is 111 Å². The molecule has 0 aliphatic heterocycles. The fourth-order valence-corrected chi connectivity index (χ4v) is 5.11. The van der Waals surface area contributed by atoms with Crippen LogP contribution in [0.3, 0.4) is 0 Å². The maximum absolute atomic E-state index is 4.23. The summed E-state index contributed by atoms with van der Waals surface area (Å²) in [6.45, 7) is 14.5. The predicted octanol–water partition coefficient (Wildman–Crippen LogP) is 10.3. The van der Waals surface area contributed by atoms with Crippen LogP contribution >= 0.6 is 0 Å². The molecule has 168 valence electrons. The Labute approximate surface area is 207 Å². The van der Waals surface area contributed by atoms with E-state index in [0.717, 1.165) is 27.8 Å². The summed E-state index contributed by atoms with van der Waals surface area (Å²) in [5, 5.41) is 4.87. The molecule has 0 unspecified atom stereocenters. The number of hydrogen-bond acceptors (Lipinski definition) is 0. The van der Waals surface area contributed by atoms with Gasteiger partial charge in [-0.3, -0.25) is 0 Å². The first-order valence-electron chi connectivity index (χ1n) is 11.9. The first kappa shape index (κ1) is 22.4. The number of fused-ring (bicyclic) bond motifs is 2. The summed E-state index contributed by atoms with van der Waals surface area (Å²) in [5.41, 5.74) is 9.17. The molecule has 0 spiro atoms. The summed E-state index contributed by atoms with van der Waals surface area (Å²) in [6.07, 6.45) is 10.1. The second kappa shape index (κ2) is 9.44. The van der Waals surface area contributed by atoms with Crippen molar-refractivity contribution in [3.8, 4) is 22.3 Å². The molecular formula is C35H28. The van der Waals surface area contributed by atoms with E-state index < -0.39 is 0 Å². The van der Waals surface area contributed by atoms with Crippen molar-refractivity contribution in [3.63, 3.8) is 0 Å². The van der Waals surface area contributed by atoms with Crippen LogP contribution in [-0.2, 0) is 0 Å². The molecule has 0 aliphatic carbocycles. The third-order valence-corrected chi connectivity index (χ3v) is 6.68. The van der Waals surface area contributed by atoms with Crippen LogP contribution in [0.1, 0.15) is 29.2 Å². The smallest absolute Gasteiger partial charge is 0.00264 e. The van der Waals surface area contributed by atoms with Gasteiger partial charge in [0.25, 0.3) is 0 Å². The van der Waals surface area contributed by atoms with Crippen LogP contribution in [0.4, 0.5) is 0 Å². The quantitative estimate of drug-likeness (QED) is 0.242. The maximum atomic E-state index is 4.23. The second-order valence-electron chi connectivity index (χ2n) is 8.64. The van der Waals surface area contributed by atoms with Crippen molar-refractivity contribution in [1.29, 1.82) is 0 Å². The molecule has 0 aliphatic rings. The van der Waals surface area contributed by atoms with Crippen molar-refractivity contribution in [2.45, 2.75) is 6.92 Å². The lowest BCUT2D eigenvalue weighted by Gasteiger charge is -2.21. The SMILES string of the molecule is C=Cc1ccc(-c2c(C=C)c(C=C)c(-c3ccc4ccccc4c3)c3ccccc23)cc1/C=C\C. The Morgan fingerprint density at radius 3 is 1.71 bits per heavy atom. The summed E-state index contributed by atoms with van der Waals surface area (Å²) < 4.78 is 0. The fraction of sp³-hybridized carbons (Fsp3) is 0.0286. The standard InChI is InChI=1S/C35H28/c1-5-13-26-22-28(20-18-24(26)6-2)34-30(7-3)31(8-4)35(33-17-12-11-16-32(33)34)29-21-19-25-14-9-10-15-27(25)23-29/h5-23H,2-4H2,1H3/b13-5-. The average molecular weight is 449 g/mol. The predicted molar refractivity (Wildman–Crippen MR) is 157 cm³/mol. The van der Waals surface area contributed by atoms with Gasteiger partial charge >= 0.3 is 0 Å². The minimum atomic E-state index is 1.10. The van der Waals surface area contributed by atoms with Gasteiger partial charge in [0.1, 0.15) is 0 Å². The number of benzene rings is 5. The molecular weight excluding hydrogens is 420 g/mol. The molecule has 5 aromatic carbocycles. The summed E-state index contributed by atoms with van der Waals surface area (Å²) in [5.74, 6) is 0. The van der Waals surface area contributed by atoms with Gasteiger partial charge in [-0.1, -0.05) is 123 Å². The fourth-order valence-electron chi connectivity index (χ4n) is 5.11. The van der Waals surface area contributed by atoms with Crippen LogP contribution in [0.5, 0.6) is 0 Å². The Morgan fingerprint density at radius 1 is 0.543 bits per heavy atom. The molecule has 35 heavy (non-hydrogen) atoms. The summed E-state index contributed by atoms with van der Waals surface area (Å²) in [7, 11) is 0. The molecule has 0 nitrogen and oxygen atoms in total. The molecule has 5 aromatic rings. The molecule has 0 heteroatoms. The van der Waals surface area contributed by atoms with Gasteiger partial charge in [-0.2, -0.15) is 0 Å². The van der Waals surface area contributed by atoms with Crippen molar-refractivity contribution in [3.05, 3.63) is 133 Å². The Bertz CT molecular complexity index is 1640. The molecule has 0 heterocycles. The van der Waals surface area contributed by atoms with Crippen molar-refractivity contribution >= 4 is 45.8 Å². The van der Waals surface area contributed by atoms with E-state index in [-0.39, 0.29) is 0 Å². The summed E-state index contributed by atoms with van der Waals surface area (Å²) >= 11 is 0. The zero-order valence-corrected chi connectivity index (χ0v) is 20.1. The highest BCUT2D eigenvalue weighted by Crippen LogP contribution is 2.44. The summed E-state index contributed by atoms with van der Waals surface area (Å²) in [6, 6.07) is 30.4. The zero-order chi connectivity index (χ0) is 24.4. The Hall–Kier alpha value is -4.42. The second-order valence-corrected chi connectivity index (χ2v) is 8.64. The lowest BCUT2D eigenvalue weighted by molar-refractivity contribution is 1.56. The third kappa shape index (κ3) is 3.84. The summed E-state index contributed by atoms with van der Waals surface area (Å²) in [4.78, 5) is 0. The zero-order valence-electron chi connectivity index (χ0n) is 20.1. The molecule has 0 N–H and O–H groups in total. The molecule has 0 amide bonds. The van der Waals surface area contributed by atoms with E-state index in [1.54, 1.807) is 0 Å². The van der Waals surface area contributed by atoms with Gasteiger partial charge in [0.05, 0.1) is 0 Å². The van der Waals surface area contributed by atoms with Crippen LogP contribution < -0.4 is 0 Å². The van der Waals surface area contributed by atoms with E-state index in [1.165, 1.54) is 38.2 Å². The van der Waals surface area contributed by atoms with Gasteiger partial charge in [0, 0.05) is 0 Å². The van der Waals surface area contributed by atoms with Gasteiger partial charge in [-0.15, -0.1) is 0 Å². The van der Waals surface area contributed by atoms with Crippen molar-refractivity contribution in [2.75, 3.05) is 0 Å². The molecule has 0 radical (unpaired) electrons. The van der Waals surface area contributed by atoms with Crippen LogP contribution in [-0.4, -0.2) is 0 Å². The first-order valence-corrected chi connectivity index (χ1v) is 11.9. The minimum Gasteiger partial charge on any atom is -0.0984 e. The van der Waals surface area contributed by atoms with E-state index in [2.05, 4.69) is 117 Å². The molecule has 0 aromatic heterocycles. The first-order chi connectivity index (χ1) is 17.2. The molecule has 5 rings (SSSR count). The topological polar surface area (TPSA) is 0 Å². The lowest BCUT2D eigenvalue weighted by atomic mass is 9.82. The number of hydrogen-bond donors (Lipinski definition) is 0. The molecule has 0 saturated heterocycles. The van der Waals surface area contributed by atoms with E-state index in [9.17, 15) is 0 Å². The van der Waals surface area contributed by atoms with Gasteiger partial charge in [-0.05, 0) is 85.1 Å². The Morgan fingerprint density at radius 2 is 1.11 bits per heavy atom. The van der Waals surface area contributed by atoms with Crippen molar-refractivity contribution < 1.29 is 0 Å². The highest BCUT2D eigenvalue weighted by molar-refractivity contribution is 6.12. The number of rotatable bonds is 6. The molecule has 0 saturated carbocycles. The molecule has 0 bridgehead atoms. The highest BCUT2D eigenvalue weighted by atomic mass is 14.2. The monoisotopic (exact) mass is 448 g/mol. The van der Waals surface area contributed by atoms with Crippen LogP contribution in [0.2, 0.25) is 0 Å². The Kier molecular flexibility index (Phi) is 6.04. The average Bonchev–Trinajstić information content (AvgIpc) is 2.91. The van der Waals surface area contributed by atoms with E-state index >= 15 is 0 Å². The van der Waals surface area contributed by atoms with Crippen LogP contribution in [0, 0.1) is 0 Å². The van der Waals surface area contributed by atoms with Gasteiger partial charge in [0.15, 0.2) is 0 Å². The van der Waals surface area contributed by atoms with Crippen LogP contribution in [0.25, 0.3) is 68.1 Å². The largest absolute Gasteiger partial charge is 0.0984 e. The number of allylic oxidation sites excluding steroid dienone is 1. The lowest BCUT2D eigenvalue weighted by Crippen LogP contribution is -1.96. The minimum absolute atomic E-state index is 1.10. The normalized spacial score (nSPS) is 11.2. The van der Waals surface area contributed by atoms with E-state index in [4.69, 9.17) is 0 Å². The maximum Gasteiger partial charge on any atom is -0.00264 e. The van der Waals surface area contributed by atoms with Gasteiger partial charge in [0.2, 0.25) is 0 Å². The third-order valence-electron chi connectivity index (χ3n) is 6.68. The van der Waals surface area contributed by atoms with Crippen molar-refractivity contribution in [1.82, 2.24) is 0 Å². The van der Waals surface area contributed by atoms with Crippen molar-refractivity contribution in [2.24, 2.45) is 0 Å².